The van der Waals surface area contributed by atoms with Crippen molar-refractivity contribution < 1.29 is 19.4 Å². The number of nitrogens with zero attached hydrogens (tertiary/aromatic N) is 3. The number of rotatable bonds is 6. The molecule has 1 aromatic heterocycles. The minimum absolute atomic E-state index is 0.103. The van der Waals surface area contributed by atoms with Crippen molar-refractivity contribution in [1.29, 1.82) is 0 Å². The van der Waals surface area contributed by atoms with Gasteiger partial charge in [0, 0.05) is 12.7 Å². The summed E-state index contributed by atoms with van der Waals surface area (Å²) < 4.78 is 6.36. The molecule has 2 N–H and O–H groups in total. The minimum Gasteiger partial charge on any atom is -0.479 e. The van der Waals surface area contributed by atoms with E-state index in [1.807, 2.05) is 6.92 Å². The zero-order valence-electron chi connectivity index (χ0n) is 12.2. The van der Waals surface area contributed by atoms with Gasteiger partial charge < -0.3 is 15.2 Å². The van der Waals surface area contributed by atoms with Crippen LogP contribution in [0.1, 0.15) is 15.9 Å². The molecule has 116 valence electrons. The van der Waals surface area contributed by atoms with Crippen molar-refractivity contribution in [3.8, 4) is 5.69 Å². The second-order valence-electron chi connectivity index (χ2n) is 4.61. The van der Waals surface area contributed by atoms with Gasteiger partial charge in [-0.15, -0.1) is 0 Å². The van der Waals surface area contributed by atoms with E-state index in [0.29, 0.717) is 5.56 Å². The molecule has 1 atom stereocenters. The van der Waals surface area contributed by atoms with Gasteiger partial charge in [0.25, 0.3) is 5.91 Å². The molecule has 2 aromatic rings. The molecular formula is C14H16N4O4. The second kappa shape index (κ2) is 6.81. The number of carbonyl (C=O) groups excluding carboxylic acids is 1. The molecule has 22 heavy (non-hydrogen) atoms. The largest absolute Gasteiger partial charge is 0.479 e. The molecule has 8 nitrogen and oxygen atoms in total. The van der Waals surface area contributed by atoms with E-state index in [-0.39, 0.29) is 12.5 Å². The van der Waals surface area contributed by atoms with Crippen LogP contribution in [0.4, 0.5) is 0 Å². The highest BCUT2D eigenvalue weighted by Crippen LogP contribution is 2.14. The summed E-state index contributed by atoms with van der Waals surface area (Å²) in [5.41, 5.74) is 2.09. The molecule has 0 saturated heterocycles. The smallest absolute Gasteiger partial charge is 0.334 e. The lowest BCUT2D eigenvalue weighted by Gasteiger charge is -2.12. The Balaban J connectivity index is 2.08. The van der Waals surface area contributed by atoms with Gasteiger partial charge >= 0.3 is 5.97 Å². The highest BCUT2D eigenvalue weighted by molar-refractivity contribution is 5.95. The molecule has 0 aliphatic rings. The fraction of sp³-hybridized carbons (Fsp3) is 0.286. The summed E-state index contributed by atoms with van der Waals surface area (Å²) in [5.74, 6) is -1.49. The Morgan fingerprint density at radius 2 is 2.23 bits per heavy atom. The summed E-state index contributed by atoms with van der Waals surface area (Å²) in [6.07, 6.45) is 1.93. The van der Waals surface area contributed by atoms with Crippen molar-refractivity contribution in [2.45, 2.75) is 13.0 Å². The van der Waals surface area contributed by atoms with Gasteiger partial charge in [-0.2, -0.15) is 5.10 Å². The number of amides is 1. The van der Waals surface area contributed by atoms with Crippen LogP contribution in [-0.2, 0) is 9.53 Å². The van der Waals surface area contributed by atoms with E-state index < -0.39 is 12.1 Å². The van der Waals surface area contributed by atoms with Crippen LogP contribution in [0.3, 0.4) is 0 Å². The van der Waals surface area contributed by atoms with Crippen LogP contribution in [0, 0.1) is 6.92 Å². The third-order valence-corrected chi connectivity index (χ3v) is 3.13. The van der Waals surface area contributed by atoms with Crippen molar-refractivity contribution >= 4 is 11.9 Å². The van der Waals surface area contributed by atoms with Crippen molar-refractivity contribution in [2.24, 2.45) is 0 Å². The second-order valence-corrected chi connectivity index (χ2v) is 4.61. The molecule has 2 rings (SSSR count). The molecule has 1 aromatic carbocycles. The number of aromatic nitrogens is 3. The predicted octanol–water partition coefficient (Wildman–Crippen LogP) is 0.405. The lowest BCUT2D eigenvalue weighted by Crippen LogP contribution is -2.37. The summed E-state index contributed by atoms with van der Waals surface area (Å²) >= 11 is 0. The first-order valence-corrected chi connectivity index (χ1v) is 6.52. The van der Waals surface area contributed by atoms with Crippen LogP contribution in [0.25, 0.3) is 5.69 Å². The molecule has 0 fully saturated rings. The highest BCUT2D eigenvalue weighted by Gasteiger charge is 2.18. The van der Waals surface area contributed by atoms with Gasteiger partial charge in [0.2, 0.25) is 0 Å². The van der Waals surface area contributed by atoms with Gasteiger partial charge in [-0.1, -0.05) is 0 Å². The average Bonchev–Trinajstić information content (AvgIpc) is 3.01. The quantitative estimate of drug-likeness (QED) is 0.800. The summed E-state index contributed by atoms with van der Waals surface area (Å²) in [6.45, 7) is 1.75. The molecule has 1 heterocycles. The first-order chi connectivity index (χ1) is 10.5. The highest BCUT2D eigenvalue weighted by atomic mass is 16.5. The van der Waals surface area contributed by atoms with E-state index >= 15 is 0 Å². The van der Waals surface area contributed by atoms with Crippen LogP contribution in [-0.4, -0.2) is 51.5 Å². The van der Waals surface area contributed by atoms with E-state index in [9.17, 15) is 9.59 Å². The maximum atomic E-state index is 12.0. The van der Waals surface area contributed by atoms with Crippen LogP contribution in [0.15, 0.2) is 30.9 Å². The first-order valence-electron chi connectivity index (χ1n) is 6.52. The molecule has 0 radical (unpaired) electrons. The number of benzene rings is 1. The summed E-state index contributed by atoms with van der Waals surface area (Å²) in [5, 5.41) is 15.4. The van der Waals surface area contributed by atoms with Gasteiger partial charge in [0.15, 0.2) is 6.10 Å². The van der Waals surface area contributed by atoms with Crippen molar-refractivity contribution in [3.05, 3.63) is 42.0 Å². The standard InChI is InChI=1S/C14H16N4O4/c1-9-5-10(3-4-11(9)18-8-15-7-17-18)13(19)16-6-12(22-2)14(20)21/h3-5,7-8,12H,6H2,1-2H3,(H,16,19)(H,20,21). The predicted molar refractivity (Wildman–Crippen MR) is 76.9 cm³/mol. The van der Waals surface area contributed by atoms with Crippen LogP contribution in [0.5, 0.6) is 0 Å². The van der Waals surface area contributed by atoms with Gasteiger partial charge in [-0.05, 0) is 30.7 Å². The molecule has 1 amide bonds. The van der Waals surface area contributed by atoms with Gasteiger partial charge in [-0.3, -0.25) is 4.79 Å². The Kier molecular flexibility index (Phi) is 4.84. The van der Waals surface area contributed by atoms with Crippen molar-refractivity contribution in [2.75, 3.05) is 13.7 Å². The van der Waals surface area contributed by atoms with E-state index in [1.165, 1.54) is 13.4 Å². The first kappa shape index (κ1) is 15.6. The Bertz CT molecular complexity index is 669. The Hall–Kier alpha value is -2.74. The topological polar surface area (TPSA) is 106 Å². The number of methoxy groups -OCH3 is 1. The lowest BCUT2D eigenvalue weighted by molar-refractivity contribution is -0.148. The van der Waals surface area contributed by atoms with Crippen LogP contribution >= 0.6 is 0 Å². The van der Waals surface area contributed by atoms with Crippen LogP contribution < -0.4 is 5.32 Å². The summed E-state index contributed by atoms with van der Waals surface area (Å²) in [6, 6.07) is 5.10. The number of carboxylic acid groups (broad SMARTS) is 1. The van der Waals surface area contributed by atoms with Crippen molar-refractivity contribution in [3.63, 3.8) is 0 Å². The van der Waals surface area contributed by atoms with E-state index in [1.54, 1.807) is 29.2 Å². The van der Waals surface area contributed by atoms with Crippen LogP contribution in [0.2, 0.25) is 0 Å². The summed E-state index contributed by atoms with van der Waals surface area (Å²) in [7, 11) is 1.28. The third kappa shape index (κ3) is 3.47. The third-order valence-electron chi connectivity index (χ3n) is 3.13. The molecule has 0 aliphatic carbocycles. The maximum absolute atomic E-state index is 12.0. The SMILES string of the molecule is COC(CNC(=O)c1ccc(-n2cncn2)c(C)c1)C(=O)O. The number of aliphatic carboxylic acids is 1. The number of nitrogens with one attached hydrogen (secondary N) is 1. The minimum atomic E-state index is -1.12. The number of carboxylic acids is 1. The maximum Gasteiger partial charge on any atom is 0.334 e. The normalized spacial score (nSPS) is 11.9. The Morgan fingerprint density at radius 1 is 1.45 bits per heavy atom. The number of hydrogen-bond acceptors (Lipinski definition) is 5. The average molecular weight is 304 g/mol. The summed E-state index contributed by atoms with van der Waals surface area (Å²) in [4.78, 5) is 26.7. The number of aryl methyl sites for hydroxylation is 1. The Morgan fingerprint density at radius 3 is 2.77 bits per heavy atom. The molecule has 0 saturated carbocycles. The Labute approximate surface area is 126 Å². The van der Waals surface area contributed by atoms with Gasteiger partial charge in [-0.25, -0.2) is 14.5 Å². The van der Waals surface area contributed by atoms with Crippen molar-refractivity contribution in [1.82, 2.24) is 20.1 Å². The number of carbonyl (C=O) groups is 2. The van der Waals surface area contributed by atoms with E-state index in [4.69, 9.17) is 9.84 Å². The molecule has 1 unspecified atom stereocenters. The monoisotopic (exact) mass is 304 g/mol. The molecule has 0 spiro atoms. The molecule has 0 aliphatic heterocycles. The number of ether oxygens (including phenoxy) is 1. The van der Waals surface area contributed by atoms with E-state index in [2.05, 4.69) is 15.4 Å². The van der Waals surface area contributed by atoms with Gasteiger partial charge in [0.05, 0.1) is 12.2 Å². The van der Waals surface area contributed by atoms with Gasteiger partial charge in [0.1, 0.15) is 12.7 Å². The van der Waals surface area contributed by atoms with E-state index in [0.717, 1.165) is 11.3 Å². The zero-order valence-corrected chi connectivity index (χ0v) is 12.2. The fourth-order valence-corrected chi connectivity index (χ4v) is 1.95. The molecule has 0 bridgehead atoms. The molecular weight excluding hydrogens is 288 g/mol. The zero-order chi connectivity index (χ0) is 16.1. The molecule has 8 heteroatoms. The lowest BCUT2D eigenvalue weighted by atomic mass is 10.1. The number of hydrogen-bond donors (Lipinski definition) is 2. The fourth-order valence-electron chi connectivity index (χ4n) is 1.95.